The second-order valence-corrected chi connectivity index (χ2v) is 7.11. The van der Waals surface area contributed by atoms with E-state index in [0.717, 1.165) is 38.8 Å². The van der Waals surface area contributed by atoms with Crippen molar-refractivity contribution in [2.24, 2.45) is 7.05 Å². The Bertz CT molecular complexity index is 1240. The standard InChI is InChI=1S/C23H21N2O/c1-13-9-16(4)25(6)20(10-13)21-14(2)7-8-18-19-12-17(24-5)11-15(3)22(19)26-23(18)21/h7-12H,1-4,6H3/q+1. The molecular formula is C23H21N2O+. The summed E-state index contributed by atoms with van der Waals surface area (Å²) in [4.78, 5) is 3.61. The number of rotatable bonds is 1. The van der Waals surface area contributed by atoms with Crippen LogP contribution in [0, 0.1) is 34.3 Å². The average Bonchev–Trinajstić information content (AvgIpc) is 2.97. The van der Waals surface area contributed by atoms with Crippen molar-refractivity contribution in [3.63, 3.8) is 0 Å². The normalized spacial score (nSPS) is 11.2. The molecule has 2 aromatic heterocycles. The maximum absolute atomic E-state index is 7.35. The first kappa shape index (κ1) is 16.4. The Kier molecular flexibility index (Phi) is 3.59. The van der Waals surface area contributed by atoms with Gasteiger partial charge in [0.1, 0.15) is 18.2 Å². The summed E-state index contributed by atoms with van der Waals surface area (Å²) in [5.41, 5.74) is 9.30. The number of nitrogens with zero attached hydrogens (tertiary/aromatic N) is 2. The van der Waals surface area contributed by atoms with Crippen LogP contribution < -0.4 is 4.57 Å². The molecule has 2 heterocycles. The molecule has 0 radical (unpaired) electrons. The van der Waals surface area contributed by atoms with E-state index in [2.05, 4.69) is 61.5 Å². The summed E-state index contributed by atoms with van der Waals surface area (Å²) >= 11 is 0. The molecule has 3 nitrogen and oxygen atoms in total. The van der Waals surface area contributed by atoms with E-state index in [-0.39, 0.29) is 0 Å². The van der Waals surface area contributed by atoms with Crippen molar-refractivity contribution in [3.05, 3.63) is 70.2 Å². The number of furan rings is 1. The third-order valence-corrected chi connectivity index (χ3v) is 5.20. The minimum atomic E-state index is 0.650. The minimum Gasteiger partial charge on any atom is -0.455 e. The maximum Gasteiger partial charge on any atom is 0.216 e. The van der Waals surface area contributed by atoms with Crippen LogP contribution in [0.25, 0.3) is 38.0 Å². The summed E-state index contributed by atoms with van der Waals surface area (Å²) < 4.78 is 8.58. The van der Waals surface area contributed by atoms with E-state index >= 15 is 0 Å². The fourth-order valence-electron chi connectivity index (χ4n) is 3.78. The van der Waals surface area contributed by atoms with Gasteiger partial charge in [-0.25, -0.2) is 4.85 Å². The number of aryl methyl sites for hydroxylation is 4. The zero-order valence-electron chi connectivity index (χ0n) is 15.8. The number of hydrogen-bond donors (Lipinski definition) is 0. The lowest BCUT2D eigenvalue weighted by atomic mass is 9.99. The summed E-state index contributed by atoms with van der Waals surface area (Å²) in [6.45, 7) is 15.7. The van der Waals surface area contributed by atoms with E-state index in [1.54, 1.807) is 0 Å². The summed E-state index contributed by atoms with van der Waals surface area (Å²) in [5.74, 6) is 0. The topological polar surface area (TPSA) is 21.4 Å². The van der Waals surface area contributed by atoms with Gasteiger partial charge in [-0.05, 0) is 49.6 Å². The summed E-state index contributed by atoms with van der Waals surface area (Å²) in [7, 11) is 2.09. The van der Waals surface area contributed by atoms with Crippen LogP contribution in [0.15, 0.2) is 40.8 Å². The van der Waals surface area contributed by atoms with E-state index in [0.29, 0.717) is 5.69 Å². The van der Waals surface area contributed by atoms with Gasteiger partial charge in [-0.2, -0.15) is 4.57 Å². The Morgan fingerprint density at radius 3 is 2.38 bits per heavy atom. The smallest absolute Gasteiger partial charge is 0.216 e. The van der Waals surface area contributed by atoms with E-state index in [1.807, 2.05) is 19.1 Å². The summed E-state index contributed by atoms with van der Waals surface area (Å²) in [6, 6.07) is 12.5. The number of benzene rings is 2. The molecular weight excluding hydrogens is 320 g/mol. The van der Waals surface area contributed by atoms with Crippen molar-refractivity contribution in [3.8, 4) is 11.3 Å². The highest BCUT2D eigenvalue weighted by molar-refractivity contribution is 6.11. The van der Waals surface area contributed by atoms with Gasteiger partial charge in [0, 0.05) is 29.8 Å². The third kappa shape index (κ3) is 2.30. The molecule has 0 saturated heterocycles. The molecule has 0 aliphatic rings. The molecule has 0 aliphatic heterocycles. The van der Waals surface area contributed by atoms with Gasteiger partial charge in [0.15, 0.2) is 11.4 Å². The largest absolute Gasteiger partial charge is 0.455 e. The number of fused-ring (bicyclic) bond motifs is 3. The predicted molar refractivity (Wildman–Crippen MR) is 106 cm³/mol. The lowest BCUT2D eigenvalue weighted by molar-refractivity contribution is -0.666. The van der Waals surface area contributed by atoms with Crippen molar-refractivity contribution in [2.75, 3.05) is 0 Å². The van der Waals surface area contributed by atoms with Crippen molar-refractivity contribution in [1.82, 2.24) is 0 Å². The van der Waals surface area contributed by atoms with Crippen LogP contribution in [0.2, 0.25) is 0 Å². The zero-order valence-corrected chi connectivity index (χ0v) is 15.8. The molecule has 0 amide bonds. The fraction of sp³-hybridized carbons (Fsp3) is 0.217. The van der Waals surface area contributed by atoms with Gasteiger partial charge in [0.05, 0.1) is 12.1 Å². The van der Waals surface area contributed by atoms with E-state index < -0.39 is 0 Å². The van der Waals surface area contributed by atoms with E-state index in [4.69, 9.17) is 11.0 Å². The molecule has 0 bridgehead atoms. The molecule has 26 heavy (non-hydrogen) atoms. The first-order valence-corrected chi connectivity index (χ1v) is 8.72. The molecule has 0 spiro atoms. The van der Waals surface area contributed by atoms with Crippen LogP contribution in [0.1, 0.15) is 22.4 Å². The molecule has 4 aromatic rings. The van der Waals surface area contributed by atoms with Crippen molar-refractivity contribution in [2.45, 2.75) is 27.7 Å². The molecule has 0 N–H and O–H groups in total. The lowest BCUT2D eigenvalue weighted by Crippen LogP contribution is -2.35. The van der Waals surface area contributed by atoms with Crippen LogP contribution in [0.5, 0.6) is 0 Å². The van der Waals surface area contributed by atoms with Gasteiger partial charge >= 0.3 is 0 Å². The van der Waals surface area contributed by atoms with Crippen molar-refractivity contribution >= 4 is 27.6 Å². The van der Waals surface area contributed by atoms with Gasteiger partial charge in [-0.15, -0.1) is 0 Å². The number of aromatic nitrogens is 1. The van der Waals surface area contributed by atoms with Crippen LogP contribution >= 0.6 is 0 Å². The Balaban J connectivity index is 2.18. The molecule has 0 saturated carbocycles. The molecule has 4 rings (SSSR count). The van der Waals surface area contributed by atoms with Gasteiger partial charge < -0.3 is 4.42 Å². The van der Waals surface area contributed by atoms with Crippen LogP contribution in [-0.4, -0.2) is 0 Å². The quantitative estimate of drug-likeness (QED) is 0.314. The highest BCUT2D eigenvalue weighted by Gasteiger charge is 2.22. The first-order chi connectivity index (χ1) is 12.4. The first-order valence-electron chi connectivity index (χ1n) is 8.72. The lowest BCUT2D eigenvalue weighted by Gasteiger charge is -2.08. The Morgan fingerprint density at radius 1 is 0.885 bits per heavy atom. The Morgan fingerprint density at radius 2 is 1.65 bits per heavy atom. The Hall–Kier alpha value is -3.12. The molecule has 0 aliphatic carbocycles. The van der Waals surface area contributed by atoms with Crippen LogP contribution in [0.3, 0.4) is 0 Å². The second kappa shape index (κ2) is 5.71. The molecule has 0 atom stereocenters. The molecule has 128 valence electrons. The third-order valence-electron chi connectivity index (χ3n) is 5.20. The SMILES string of the molecule is [C-]#[N+]c1cc(C)c2oc3c(-c4cc(C)cc(C)[n+]4C)c(C)ccc3c2c1. The second-order valence-electron chi connectivity index (χ2n) is 7.11. The fourth-order valence-corrected chi connectivity index (χ4v) is 3.78. The average molecular weight is 341 g/mol. The molecule has 3 heteroatoms. The van der Waals surface area contributed by atoms with Crippen LogP contribution in [-0.2, 0) is 7.05 Å². The maximum atomic E-state index is 7.35. The van der Waals surface area contributed by atoms with Crippen molar-refractivity contribution < 1.29 is 8.98 Å². The number of pyridine rings is 1. The minimum absolute atomic E-state index is 0.650. The highest BCUT2D eigenvalue weighted by Crippen LogP contribution is 2.39. The van der Waals surface area contributed by atoms with Gasteiger partial charge in [0.25, 0.3) is 0 Å². The van der Waals surface area contributed by atoms with Crippen LogP contribution in [0.4, 0.5) is 5.69 Å². The summed E-state index contributed by atoms with van der Waals surface area (Å²) in [5, 5.41) is 2.08. The van der Waals surface area contributed by atoms with Crippen molar-refractivity contribution in [1.29, 1.82) is 0 Å². The zero-order chi connectivity index (χ0) is 18.6. The summed E-state index contributed by atoms with van der Waals surface area (Å²) in [6.07, 6.45) is 0. The highest BCUT2D eigenvalue weighted by atomic mass is 16.3. The van der Waals surface area contributed by atoms with Gasteiger partial charge in [0.2, 0.25) is 5.69 Å². The molecule has 0 unspecified atom stereocenters. The predicted octanol–water partition coefficient (Wildman–Crippen LogP) is 5.86. The molecule has 2 aromatic carbocycles. The Labute approximate surface area is 153 Å². The molecule has 0 fully saturated rings. The monoisotopic (exact) mass is 341 g/mol. The van der Waals surface area contributed by atoms with Gasteiger partial charge in [-0.3, -0.25) is 0 Å². The number of hydrogen-bond acceptors (Lipinski definition) is 1. The van der Waals surface area contributed by atoms with Gasteiger partial charge in [-0.1, -0.05) is 12.1 Å². The van der Waals surface area contributed by atoms with E-state index in [1.165, 1.54) is 16.8 Å². The van der Waals surface area contributed by atoms with E-state index in [9.17, 15) is 0 Å².